The third-order valence-corrected chi connectivity index (χ3v) is 5.72. The van der Waals surface area contributed by atoms with E-state index < -0.39 is 23.7 Å². The SMILES string of the molecule is Cc1cc(C(F)(F)F)cc(C2CCCC2)c1CN(C=O)C1CCC(=O)NC1=O. The highest BCUT2D eigenvalue weighted by Crippen LogP contribution is 2.40. The highest BCUT2D eigenvalue weighted by Gasteiger charge is 2.35. The minimum absolute atomic E-state index is 0.0197. The largest absolute Gasteiger partial charge is 0.416 e. The number of imide groups is 1. The predicted molar refractivity (Wildman–Crippen MR) is 95.2 cm³/mol. The maximum Gasteiger partial charge on any atom is 0.416 e. The lowest BCUT2D eigenvalue weighted by atomic mass is 9.87. The first-order valence-electron chi connectivity index (χ1n) is 9.46. The van der Waals surface area contributed by atoms with Gasteiger partial charge in [0.05, 0.1) is 5.56 Å². The molecule has 0 spiro atoms. The third-order valence-electron chi connectivity index (χ3n) is 5.72. The molecule has 2 aliphatic rings. The van der Waals surface area contributed by atoms with E-state index in [0.717, 1.165) is 31.7 Å². The summed E-state index contributed by atoms with van der Waals surface area (Å²) >= 11 is 0. The number of aryl methyl sites for hydroxylation is 1. The smallest absolute Gasteiger partial charge is 0.329 e. The fraction of sp³-hybridized carbons (Fsp3) is 0.550. The molecule has 1 aromatic carbocycles. The lowest BCUT2D eigenvalue weighted by Crippen LogP contribution is -2.51. The van der Waals surface area contributed by atoms with Crippen molar-refractivity contribution < 1.29 is 27.6 Å². The van der Waals surface area contributed by atoms with Crippen LogP contribution in [0.1, 0.15) is 66.7 Å². The van der Waals surface area contributed by atoms with Gasteiger partial charge in [0.2, 0.25) is 18.2 Å². The fourth-order valence-electron chi connectivity index (χ4n) is 4.23. The molecule has 1 aliphatic carbocycles. The van der Waals surface area contributed by atoms with Crippen molar-refractivity contribution in [3.05, 3.63) is 34.4 Å². The lowest BCUT2D eigenvalue weighted by Gasteiger charge is -2.31. The first-order valence-corrected chi connectivity index (χ1v) is 9.46. The van der Waals surface area contributed by atoms with Crippen LogP contribution in [0.15, 0.2) is 12.1 Å². The van der Waals surface area contributed by atoms with Gasteiger partial charge in [0, 0.05) is 13.0 Å². The molecule has 1 unspecified atom stereocenters. The highest BCUT2D eigenvalue weighted by atomic mass is 19.4. The van der Waals surface area contributed by atoms with Gasteiger partial charge < -0.3 is 4.90 Å². The van der Waals surface area contributed by atoms with Gasteiger partial charge in [-0.05, 0) is 60.9 Å². The second-order valence-corrected chi connectivity index (χ2v) is 7.58. The van der Waals surface area contributed by atoms with Crippen LogP contribution in [-0.2, 0) is 27.1 Å². The Bertz CT molecular complexity index is 786. The number of halogens is 3. The number of alkyl halides is 3. The monoisotopic (exact) mass is 396 g/mol. The van der Waals surface area contributed by atoms with Crippen LogP contribution < -0.4 is 5.32 Å². The molecule has 1 aromatic rings. The number of amides is 3. The molecule has 2 fully saturated rings. The molecule has 0 aromatic heterocycles. The van der Waals surface area contributed by atoms with Crippen LogP contribution in [0.2, 0.25) is 0 Å². The quantitative estimate of drug-likeness (QED) is 0.613. The molecule has 5 nitrogen and oxygen atoms in total. The Labute approximate surface area is 161 Å². The van der Waals surface area contributed by atoms with Gasteiger partial charge in [-0.3, -0.25) is 19.7 Å². The van der Waals surface area contributed by atoms with E-state index in [2.05, 4.69) is 5.32 Å². The van der Waals surface area contributed by atoms with Gasteiger partial charge in [-0.25, -0.2) is 0 Å². The van der Waals surface area contributed by atoms with Crippen LogP contribution in [-0.4, -0.2) is 29.2 Å². The molecular weight excluding hydrogens is 373 g/mol. The summed E-state index contributed by atoms with van der Waals surface area (Å²) in [6, 6.07) is 1.50. The molecule has 0 radical (unpaired) electrons. The Morgan fingerprint density at radius 1 is 1.18 bits per heavy atom. The number of rotatable bonds is 5. The van der Waals surface area contributed by atoms with Gasteiger partial charge in [0.15, 0.2) is 0 Å². The van der Waals surface area contributed by atoms with Gasteiger partial charge in [0.1, 0.15) is 6.04 Å². The number of carbonyl (C=O) groups excluding carboxylic acids is 3. The van der Waals surface area contributed by atoms with Crippen LogP contribution in [0.3, 0.4) is 0 Å². The van der Waals surface area contributed by atoms with E-state index >= 15 is 0 Å². The average molecular weight is 396 g/mol. The molecule has 0 bridgehead atoms. The van der Waals surface area contributed by atoms with Gasteiger partial charge in [0.25, 0.3) is 0 Å². The molecule has 28 heavy (non-hydrogen) atoms. The third kappa shape index (κ3) is 4.20. The molecule has 152 valence electrons. The molecule has 3 rings (SSSR count). The zero-order valence-corrected chi connectivity index (χ0v) is 15.6. The fourth-order valence-corrected chi connectivity index (χ4v) is 4.23. The molecule has 1 aliphatic heterocycles. The molecule has 3 amide bonds. The van der Waals surface area contributed by atoms with Crippen LogP contribution in [0.5, 0.6) is 0 Å². The Balaban J connectivity index is 1.96. The molecule has 1 heterocycles. The zero-order chi connectivity index (χ0) is 20.5. The average Bonchev–Trinajstić information content (AvgIpc) is 3.14. The van der Waals surface area contributed by atoms with Crippen molar-refractivity contribution in [1.82, 2.24) is 10.2 Å². The summed E-state index contributed by atoms with van der Waals surface area (Å²) in [6.07, 6.45) is -0.0152. The predicted octanol–water partition coefficient (Wildman–Crippen LogP) is 3.44. The number of hydrogen-bond acceptors (Lipinski definition) is 3. The van der Waals surface area contributed by atoms with Gasteiger partial charge >= 0.3 is 6.18 Å². The normalized spacial score (nSPS) is 20.9. The molecular formula is C20H23F3N2O3. The first kappa shape index (κ1) is 20.4. The number of nitrogens with zero attached hydrogens (tertiary/aromatic N) is 1. The van der Waals surface area contributed by atoms with Crippen molar-refractivity contribution in [3.8, 4) is 0 Å². The van der Waals surface area contributed by atoms with Crippen LogP contribution >= 0.6 is 0 Å². The van der Waals surface area contributed by atoms with Gasteiger partial charge in [-0.2, -0.15) is 13.2 Å². The van der Waals surface area contributed by atoms with Crippen molar-refractivity contribution in [2.24, 2.45) is 0 Å². The van der Waals surface area contributed by atoms with E-state index in [-0.39, 0.29) is 31.2 Å². The number of hydrogen-bond donors (Lipinski definition) is 1. The van der Waals surface area contributed by atoms with Crippen molar-refractivity contribution in [1.29, 1.82) is 0 Å². The van der Waals surface area contributed by atoms with E-state index in [1.165, 1.54) is 11.0 Å². The minimum atomic E-state index is -4.44. The van der Waals surface area contributed by atoms with Gasteiger partial charge in [-0.1, -0.05) is 12.8 Å². The van der Waals surface area contributed by atoms with E-state index in [9.17, 15) is 27.6 Å². The van der Waals surface area contributed by atoms with Crippen molar-refractivity contribution in [2.75, 3.05) is 0 Å². The van der Waals surface area contributed by atoms with Crippen LogP contribution in [0, 0.1) is 6.92 Å². The molecule has 1 atom stereocenters. The maximum absolute atomic E-state index is 13.3. The summed E-state index contributed by atoms with van der Waals surface area (Å²) in [6.45, 7) is 1.65. The number of nitrogens with one attached hydrogen (secondary N) is 1. The molecule has 1 saturated carbocycles. The summed E-state index contributed by atoms with van der Waals surface area (Å²) < 4.78 is 40.0. The second-order valence-electron chi connectivity index (χ2n) is 7.58. The Morgan fingerprint density at radius 3 is 2.43 bits per heavy atom. The molecule has 8 heteroatoms. The van der Waals surface area contributed by atoms with Crippen LogP contribution in [0.4, 0.5) is 13.2 Å². The standard InChI is InChI=1S/C20H23F3N2O3/c1-12-8-14(20(21,22)23)9-15(13-4-2-3-5-13)16(12)10-25(11-26)17-6-7-18(27)24-19(17)28/h8-9,11,13,17H,2-7,10H2,1H3,(H,24,27,28). The van der Waals surface area contributed by atoms with Crippen molar-refractivity contribution >= 4 is 18.2 Å². The first-order chi connectivity index (χ1) is 13.2. The highest BCUT2D eigenvalue weighted by molar-refractivity contribution is 6.00. The summed E-state index contributed by atoms with van der Waals surface area (Å²) in [4.78, 5) is 36.5. The zero-order valence-electron chi connectivity index (χ0n) is 15.6. The Morgan fingerprint density at radius 2 is 1.86 bits per heavy atom. The lowest BCUT2D eigenvalue weighted by molar-refractivity contribution is -0.141. The maximum atomic E-state index is 13.3. The van der Waals surface area contributed by atoms with Crippen molar-refractivity contribution in [2.45, 2.75) is 70.1 Å². The van der Waals surface area contributed by atoms with Crippen LogP contribution in [0.25, 0.3) is 0 Å². The van der Waals surface area contributed by atoms with Gasteiger partial charge in [-0.15, -0.1) is 0 Å². The van der Waals surface area contributed by atoms with E-state index in [1.807, 2.05) is 0 Å². The topological polar surface area (TPSA) is 66.5 Å². The summed E-state index contributed by atoms with van der Waals surface area (Å²) in [5.41, 5.74) is 1.05. The number of carbonyl (C=O) groups is 3. The van der Waals surface area contributed by atoms with E-state index in [4.69, 9.17) is 0 Å². The van der Waals surface area contributed by atoms with Crippen molar-refractivity contribution in [3.63, 3.8) is 0 Å². The molecule has 1 saturated heterocycles. The summed E-state index contributed by atoms with van der Waals surface area (Å²) in [7, 11) is 0. The number of piperidine rings is 1. The Hall–Kier alpha value is -2.38. The summed E-state index contributed by atoms with van der Waals surface area (Å²) in [5.74, 6) is -0.911. The van der Waals surface area contributed by atoms with E-state index in [1.54, 1.807) is 6.92 Å². The Kier molecular flexibility index (Phi) is 5.76. The summed E-state index contributed by atoms with van der Waals surface area (Å²) in [5, 5.41) is 2.22. The molecule has 1 N–H and O–H groups in total. The second kappa shape index (κ2) is 7.93. The minimum Gasteiger partial charge on any atom is -0.329 e. The number of benzene rings is 1. The van der Waals surface area contributed by atoms with E-state index in [0.29, 0.717) is 23.1 Å².